The van der Waals surface area contributed by atoms with Crippen molar-refractivity contribution in [2.24, 2.45) is 4.99 Å². The van der Waals surface area contributed by atoms with Crippen LogP contribution < -0.4 is 15.4 Å². The van der Waals surface area contributed by atoms with Gasteiger partial charge < -0.3 is 10.6 Å². The first-order valence-electron chi connectivity index (χ1n) is 10.1. The van der Waals surface area contributed by atoms with Crippen molar-refractivity contribution in [1.82, 2.24) is 25.1 Å². The Hall–Kier alpha value is -3.17. The van der Waals surface area contributed by atoms with Crippen LogP contribution in [0.4, 0.5) is 0 Å². The number of rotatable bonds is 10. The van der Waals surface area contributed by atoms with Crippen molar-refractivity contribution >= 4 is 16.0 Å². The zero-order chi connectivity index (χ0) is 21.9. The maximum Gasteiger partial charge on any atom is 0.213 e. The summed E-state index contributed by atoms with van der Waals surface area (Å²) in [6, 6.07) is 19.5. The molecule has 8 nitrogen and oxygen atoms in total. The SMILES string of the molecule is CN=C(NCCS(=O)(=O)NCc1ccccc1)NCc1ccccc1Cn1cccn1. The van der Waals surface area contributed by atoms with Crippen LogP contribution in [0.2, 0.25) is 0 Å². The summed E-state index contributed by atoms with van der Waals surface area (Å²) < 4.78 is 29.0. The highest BCUT2D eigenvalue weighted by Crippen LogP contribution is 2.10. The van der Waals surface area contributed by atoms with Crippen molar-refractivity contribution in [3.8, 4) is 0 Å². The molecule has 0 spiro atoms. The fraction of sp³-hybridized carbons (Fsp3) is 0.273. The van der Waals surface area contributed by atoms with E-state index in [-0.39, 0.29) is 18.8 Å². The topological polar surface area (TPSA) is 100 Å². The van der Waals surface area contributed by atoms with Gasteiger partial charge in [0, 0.05) is 39.1 Å². The molecule has 0 atom stereocenters. The second-order valence-corrected chi connectivity index (χ2v) is 8.88. The largest absolute Gasteiger partial charge is 0.355 e. The molecular weight excluding hydrogens is 412 g/mol. The molecule has 0 aliphatic rings. The average molecular weight is 441 g/mol. The van der Waals surface area contributed by atoms with E-state index in [1.165, 1.54) is 0 Å². The van der Waals surface area contributed by atoms with Crippen LogP contribution in [0.3, 0.4) is 0 Å². The minimum absolute atomic E-state index is 0.0452. The molecule has 3 rings (SSSR count). The van der Waals surface area contributed by atoms with E-state index in [4.69, 9.17) is 0 Å². The van der Waals surface area contributed by atoms with E-state index >= 15 is 0 Å². The van der Waals surface area contributed by atoms with Crippen molar-refractivity contribution in [2.75, 3.05) is 19.3 Å². The highest BCUT2D eigenvalue weighted by atomic mass is 32.2. The fourth-order valence-electron chi connectivity index (χ4n) is 3.02. The summed E-state index contributed by atoms with van der Waals surface area (Å²) in [7, 11) is -1.73. The molecule has 0 aliphatic heterocycles. The van der Waals surface area contributed by atoms with E-state index < -0.39 is 10.0 Å². The lowest BCUT2D eigenvalue weighted by atomic mass is 10.1. The van der Waals surface area contributed by atoms with Gasteiger partial charge in [0.1, 0.15) is 0 Å². The van der Waals surface area contributed by atoms with E-state index in [1.54, 1.807) is 13.2 Å². The van der Waals surface area contributed by atoms with Gasteiger partial charge in [-0.1, -0.05) is 54.6 Å². The summed E-state index contributed by atoms with van der Waals surface area (Å²) in [6.07, 6.45) is 3.69. The molecule has 0 fully saturated rings. The summed E-state index contributed by atoms with van der Waals surface area (Å²) in [6.45, 7) is 1.78. The smallest absolute Gasteiger partial charge is 0.213 e. The molecule has 0 amide bonds. The molecule has 31 heavy (non-hydrogen) atoms. The summed E-state index contributed by atoms with van der Waals surface area (Å²) in [4.78, 5) is 4.18. The van der Waals surface area contributed by atoms with E-state index in [2.05, 4.69) is 37.6 Å². The summed E-state index contributed by atoms with van der Waals surface area (Å²) >= 11 is 0. The first-order valence-corrected chi connectivity index (χ1v) is 11.7. The molecule has 9 heteroatoms. The Morgan fingerprint density at radius 3 is 2.42 bits per heavy atom. The number of nitrogens with one attached hydrogen (secondary N) is 3. The third-order valence-corrected chi connectivity index (χ3v) is 6.01. The van der Waals surface area contributed by atoms with Crippen LogP contribution in [0.15, 0.2) is 78.0 Å². The molecular formula is C22H28N6O2S. The first kappa shape index (κ1) is 22.5. The van der Waals surface area contributed by atoms with E-state index in [9.17, 15) is 8.42 Å². The Labute approximate surface area is 183 Å². The number of hydrogen-bond donors (Lipinski definition) is 3. The van der Waals surface area contributed by atoms with Crippen LogP contribution >= 0.6 is 0 Å². The summed E-state index contributed by atoms with van der Waals surface area (Å²) in [5, 5.41) is 10.6. The van der Waals surface area contributed by atoms with Crippen LogP contribution in [-0.2, 0) is 29.7 Å². The zero-order valence-corrected chi connectivity index (χ0v) is 18.3. The second-order valence-electron chi connectivity index (χ2n) is 6.95. The van der Waals surface area contributed by atoms with Gasteiger partial charge in [0.2, 0.25) is 10.0 Å². The van der Waals surface area contributed by atoms with Gasteiger partial charge >= 0.3 is 0 Å². The highest BCUT2D eigenvalue weighted by Gasteiger charge is 2.10. The predicted octanol–water partition coefficient (Wildman–Crippen LogP) is 1.72. The molecule has 0 aliphatic carbocycles. The number of sulfonamides is 1. The van der Waals surface area contributed by atoms with Gasteiger partial charge in [0.05, 0.1) is 12.3 Å². The lowest BCUT2D eigenvalue weighted by Gasteiger charge is -2.14. The Morgan fingerprint density at radius 2 is 1.71 bits per heavy atom. The summed E-state index contributed by atoms with van der Waals surface area (Å²) in [5.41, 5.74) is 3.20. The molecule has 0 saturated carbocycles. The van der Waals surface area contributed by atoms with Gasteiger partial charge in [-0.3, -0.25) is 9.67 Å². The van der Waals surface area contributed by atoms with Gasteiger partial charge in [-0.25, -0.2) is 13.1 Å². The van der Waals surface area contributed by atoms with Crippen molar-refractivity contribution in [1.29, 1.82) is 0 Å². The molecule has 3 N–H and O–H groups in total. The van der Waals surface area contributed by atoms with Gasteiger partial charge in [-0.15, -0.1) is 0 Å². The van der Waals surface area contributed by atoms with Crippen LogP contribution in [-0.4, -0.2) is 43.5 Å². The van der Waals surface area contributed by atoms with E-state index in [0.717, 1.165) is 16.7 Å². The van der Waals surface area contributed by atoms with Gasteiger partial charge in [0.25, 0.3) is 0 Å². The van der Waals surface area contributed by atoms with Crippen LogP contribution in [0.25, 0.3) is 0 Å². The van der Waals surface area contributed by atoms with Crippen LogP contribution in [0, 0.1) is 0 Å². The monoisotopic (exact) mass is 440 g/mol. The van der Waals surface area contributed by atoms with Crippen molar-refractivity contribution in [3.63, 3.8) is 0 Å². The Bertz CT molecular complexity index is 1070. The Kier molecular flexibility index (Phi) is 8.19. The Balaban J connectivity index is 1.46. The molecule has 3 aromatic rings. The number of nitrogens with zero attached hydrogens (tertiary/aromatic N) is 3. The normalized spacial score (nSPS) is 12.0. The van der Waals surface area contributed by atoms with Gasteiger partial charge in [-0.2, -0.15) is 5.10 Å². The molecule has 1 aromatic heterocycles. The lowest BCUT2D eigenvalue weighted by Crippen LogP contribution is -2.40. The average Bonchev–Trinajstić information content (AvgIpc) is 3.29. The number of aliphatic imine (C=N–C) groups is 1. The standard InChI is InChI=1S/C22H28N6O2S/c1-23-22(24-13-15-31(29,30)27-16-19-8-3-2-4-9-19)25-17-20-10-5-6-11-21(20)18-28-14-7-12-26-28/h2-12,14,27H,13,15-18H2,1H3,(H2,23,24,25). The maximum absolute atomic E-state index is 12.2. The Morgan fingerprint density at radius 1 is 0.968 bits per heavy atom. The second kappa shape index (κ2) is 11.3. The van der Waals surface area contributed by atoms with E-state index in [0.29, 0.717) is 19.0 Å². The van der Waals surface area contributed by atoms with Crippen molar-refractivity contribution < 1.29 is 8.42 Å². The minimum Gasteiger partial charge on any atom is -0.355 e. The molecule has 0 unspecified atom stereocenters. The van der Waals surface area contributed by atoms with E-state index in [1.807, 2.05) is 59.4 Å². The predicted molar refractivity (Wildman–Crippen MR) is 123 cm³/mol. The van der Waals surface area contributed by atoms with Gasteiger partial charge in [-0.05, 0) is 22.8 Å². The van der Waals surface area contributed by atoms with Crippen LogP contribution in [0.1, 0.15) is 16.7 Å². The third kappa shape index (κ3) is 7.54. The number of aromatic nitrogens is 2. The minimum atomic E-state index is -3.39. The molecule has 0 saturated heterocycles. The first-order chi connectivity index (χ1) is 15.1. The molecule has 2 aromatic carbocycles. The summed E-state index contributed by atoms with van der Waals surface area (Å²) in [5.74, 6) is 0.503. The number of guanidine groups is 1. The number of hydrogen-bond acceptors (Lipinski definition) is 4. The molecule has 164 valence electrons. The molecule has 0 bridgehead atoms. The zero-order valence-electron chi connectivity index (χ0n) is 17.5. The quantitative estimate of drug-likeness (QED) is 0.329. The van der Waals surface area contributed by atoms with Gasteiger partial charge in [0.15, 0.2) is 5.96 Å². The van der Waals surface area contributed by atoms with Crippen LogP contribution in [0.5, 0.6) is 0 Å². The lowest BCUT2D eigenvalue weighted by molar-refractivity contribution is 0.580. The highest BCUT2D eigenvalue weighted by molar-refractivity contribution is 7.89. The van der Waals surface area contributed by atoms with Crippen molar-refractivity contribution in [3.05, 3.63) is 89.7 Å². The van der Waals surface area contributed by atoms with Crippen molar-refractivity contribution in [2.45, 2.75) is 19.6 Å². The maximum atomic E-state index is 12.2. The number of benzene rings is 2. The third-order valence-electron chi connectivity index (χ3n) is 4.68. The molecule has 0 radical (unpaired) electrons. The fourth-order valence-corrected chi connectivity index (χ4v) is 3.92. The molecule has 1 heterocycles.